The molecule has 1 aromatic heterocycles. The number of aromatic nitrogens is 1. The minimum absolute atomic E-state index is 0.0382. The maximum Gasteiger partial charge on any atom is 0.251 e. The Morgan fingerprint density at radius 3 is 2.94 bits per heavy atom. The zero-order valence-corrected chi connectivity index (χ0v) is 11.2. The van der Waals surface area contributed by atoms with Gasteiger partial charge in [-0.2, -0.15) is 0 Å². The number of nitrogens with one attached hydrogen (secondary N) is 1. The largest absolute Gasteiger partial charge is 0.506 e. The third kappa shape index (κ3) is 3.00. The first-order valence-electron chi connectivity index (χ1n) is 5.24. The van der Waals surface area contributed by atoms with Gasteiger partial charge in [-0.15, -0.1) is 11.3 Å². The van der Waals surface area contributed by atoms with E-state index in [0.717, 1.165) is 10.7 Å². The molecule has 2 rings (SSSR count). The van der Waals surface area contributed by atoms with Crippen LogP contribution in [0.1, 0.15) is 21.1 Å². The Bertz CT molecular complexity index is 583. The Balaban J connectivity index is 2.01. The first kappa shape index (κ1) is 12.9. The average Bonchev–Trinajstić information content (AvgIpc) is 2.75. The summed E-state index contributed by atoms with van der Waals surface area (Å²) in [6, 6.07) is 4.34. The molecule has 18 heavy (non-hydrogen) atoms. The summed E-state index contributed by atoms with van der Waals surface area (Å²) in [5.74, 6) is -0.284. The van der Waals surface area contributed by atoms with Crippen molar-refractivity contribution >= 4 is 28.8 Å². The van der Waals surface area contributed by atoms with Crippen molar-refractivity contribution in [3.63, 3.8) is 0 Å². The summed E-state index contributed by atoms with van der Waals surface area (Å²) in [5, 5.41) is 15.0. The summed E-state index contributed by atoms with van der Waals surface area (Å²) < 4.78 is 0. The summed E-state index contributed by atoms with van der Waals surface area (Å²) in [7, 11) is 0. The van der Waals surface area contributed by atoms with Crippen LogP contribution in [0.4, 0.5) is 0 Å². The molecule has 1 amide bonds. The molecule has 0 bridgehead atoms. The first-order valence-corrected chi connectivity index (χ1v) is 6.50. The lowest BCUT2D eigenvalue weighted by Gasteiger charge is -2.04. The van der Waals surface area contributed by atoms with Crippen molar-refractivity contribution in [3.05, 3.63) is 44.9 Å². The molecular weight excluding hydrogens is 272 g/mol. The van der Waals surface area contributed by atoms with E-state index in [1.807, 2.05) is 12.3 Å². The molecule has 0 aliphatic carbocycles. The van der Waals surface area contributed by atoms with Crippen molar-refractivity contribution in [3.8, 4) is 5.75 Å². The van der Waals surface area contributed by atoms with Gasteiger partial charge in [0.25, 0.3) is 5.91 Å². The van der Waals surface area contributed by atoms with Gasteiger partial charge in [0.15, 0.2) is 0 Å². The molecule has 1 aromatic carbocycles. The Morgan fingerprint density at radius 1 is 1.56 bits per heavy atom. The van der Waals surface area contributed by atoms with Crippen molar-refractivity contribution in [1.82, 2.24) is 10.3 Å². The lowest BCUT2D eigenvalue weighted by molar-refractivity contribution is 0.0951. The Hall–Kier alpha value is -1.59. The Morgan fingerprint density at radius 2 is 2.33 bits per heavy atom. The second-order valence-corrected chi connectivity index (χ2v) is 5.08. The van der Waals surface area contributed by atoms with E-state index in [2.05, 4.69) is 10.3 Å². The van der Waals surface area contributed by atoms with Gasteiger partial charge < -0.3 is 10.4 Å². The lowest BCUT2D eigenvalue weighted by Crippen LogP contribution is -2.22. The van der Waals surface area contributed by atoms with Crippen molar-refractivity contribution in [2.24, 2.45) is 0 Å². The number of carbonyl (C=O) groups excluding carboxylic acids is 1. The van der Waals surface area contributed by atoms with Gasteiger partial charge in [0.1, 0.15) is 10.8 Å². The fraction of sp³-hybridized carbons (Fsp3) is 0.167. The molecule has 0 radical (unpaired) electrons. The molecular formula is C12H11ClN2O2S. The number of amides is 1. The molecule has 0 unspecified atom stereocenters. The highest BCUT2D eigenvalue weighted by atomic mass is 35.5. The maximum atomic E-state index is 11.8. The minimum Gasteiger partial charge on any atom is -0.506 e. The quantitative estimate of drug-likeness (QED) is 0.910. The normalized spacial score (nSPS) is 10.3. The van der Waals surface area contributed by atoms with E-state index in [0.29, 0.717) is 12.1 Å². The molecule has 0 saturated heterocycles. The molecule has 0 spiro atoms. The summed E-state index contributed by atoms with van der Waals surface area (Å²) in [4.78, 5) is 16.1. The molecule has 0 saturated carbocycles. The van der Waals surface area contributed by atoms with Gasteiger partial charge in [-0.1, -0.05) is 11.6 Å². The van der Waals surface area contributed by atoms with Crippen molar-refractivity contribution in [2.75, 3.05) is 0 Å². The van der Waals surface area contributed by atoms with Crippen LogP contribution in [0.25, 0.3) is 0 Å². The molecule has 2 N–H and O–H groups in total. The number of rotatable bonds is 3. The second-order valence-electron chi connectivity index (χ2n) is 3.73. The number of benzene rings is 1. The van der Waals surface area contributed by atoms with E-state index < -0.39 is 0 Å². The SMILES string of the molecule is Cc1csc(CNC(=O)c2ccc(O)c(Cl)c2)n1. The Labute approximate surface area is 113 Å². The van der Waals surface area contributed by atoms with Crippen molar-refractivity contribution in [1.29, 1.82) is 0 Å². The fourth-order valence-electron chi connectivity index (χ4n) is 1.39. The predicted octanol–water partition coefficient (Wildman–Crippen LogP) is 2.74. The number of phenols is 1. The zero-order valence-electron chi connectivity index (χ0n) is 9.61. The van der Waals surface area contributed by atoms with Crippen LogP contribution in [-0.4, -0.2) is 16.0 Å². The number of halogens is 1. The van der Waals surface area contributed by atoms with Gasteiger partial charge in [0.05, 0.1) is 11.6 Å². The molecule has 2 aromatic rings. The van der Waals surface area contributed by atoms with E-state index in [-0.39, 0.29) is 16.7 Å². The number of carbonyl (C=O) groups is 1. The van der Waals surface area contributed by atoms with Crippen LogP contribution in [0.2, 0.25) is 5.02 Å². The zero-order chi connectivity index (χ0) is 13.1. The molecule has 0 aliphatic rings. The highest BCUT2D eigenvalue weighted by molar-refractivity contribution is 7.09. The van der Waals surface area contributed by atoms with Crippen LogP contribution in [-0.2, 0) is 6.54 Å². The highest BCUT2D eigenvalue weighted by Crippen LogP contribution is 2.23. The number of thiazole rings is 1. The van der Waals surface area contributed by atoms with E-state index >= 15 is 0 Å². The summed E-state index contributed by atoms with van der Waals surface area (Å²) >= 11 is 7.24. The average molecular weight is 283 g/mol. The number of aryl methyl sites for hydroxylation is 1. The number of nitrogens with zero attached hydrogens (tertiary/aromatic N) is 1. The third-order valence-corrected chi connectivity index (χ3v) is 3.55. The summed E-state index contributed by atoms with van der Waals surface area (Å²) in [6.07, 6.45) is 0. The molecule has 94 valence electrons. The van der Waals surface area contributed by atoms with E-state index in [9.17, 15) is 9.90 Å². The topological polar surface area (TPSA) is 62.2 Å². The number of phenolic OH excluding ortho intramolecular Hbond substituents is 1. The van der Waals surface area contributed by atoms with Gasteiger partial charge in [-0.25, -0.2) is 4.98 Å². The van der Waals surface area contributed by atoms with Gasteiger partial charge in [-0.3, -0.25) is 4.79 Å². The molecule has 4 nitrogen and oxygen atoms in total. The molecule has 1 heterocycles. The van der Waals surface area contributed by atoms with Crippen molar-refractivity contribution in [2.45, 2.75) is 13.5 Å². The molecule has 6 heteroatoms. The van der Waals surface area contributed by atoms with Crippen LogP contribution in [0.5, 0.6) is 5.75 Å². The smallest absolute Gasteiger partial charge is 0.251 e. The molecule has 0 aliphatic heterocycles. The van der Waals surface area contributed by atoms with Crippen LogP contribution >= 0.6 is 22.9 Å². The summed E-state index contributed by atoms with van der Waals surface area (Å²) in [5.41, 5.74) is 1.35. The van der Waals surface area contributed by atoms with Crippen LogP contribution in [0.15, 0.2) is 23.6 Å². The standard InChI is InChI=1S/C12H11ClN2O2S/c1-7-6-18-11(15-7)5-14-12(17)8-2-3-10(16)9(13)4-8/h2-4,6,16H,5H2,1H3,(H,14,17). The molecule has 0 fully saturated rings. The second kappa shape index (κ2) is 5.37. The lowest BCUT2D eigenvalue weighted by atomic mass is 10.2. The minimum atomic E-state index is -0.246. The molecule has 0 atom stereocenters. The predicted molar refractivity (Wildman–Crippen MR) is 71.1 cm³/mol. The van der Waals surface area contributed by atoms with E-state index in [4.69, 9.17) is 11.6 Å². The third-order valence-electron chi connectivity index (χ3n) is 2.28. The summed E-state index contributed by atoms with van der Waals surface area (Å²) in [6.45, 7) is 2.29. The van der Waals surface area contributed by atoms with Gasteiger partial charge in [0.2, 0.25) is 0 Å². The number of aromatic hydroxyl groups is 1. The first-order chi connectivity index (χ1) is 8.56. The number of hydrogen-bond donors (Lipinski definition) is 2. The number of hydrogen-bond acceptors (Lipinski definition) is 4. The van der Waals surface area contributed by atoms with E-state index in [1.54, 1.807) is 0 Å². The fourth-order valence-corrected chi connectivity index (χ4v) is 2.28. The van der Waals surface area contributed by atoms with E-state index in [1.165, 1.54) is 29.5 Å². The monoisotopic (exact) mass is 282 g/mol. The highest BCUT2D eigenvalue weighted by Gasteiger charge is 2.08. The van der Waals surface area contributed by atoms with Crippen LogP contribution in [0.3, 0.4) is 0 Å². The van der Waals surface area contributed by atoms with Gasteiger partial charge in [-0.05, 0) is 25.1 Å². The van der Waals surface area contributed by atoms with Crippen molar-refractivity contribution < 1.29 is 9.90 Å². The van der Waals surface area contributed by atoms with Crippen LogP contribution in [0, 0.1) is 6.92 Å². The maximum absolute atomic E-state index is 11.8. The van der Waals surface area contributed by atoms with Gasteiger partial charge in [0, 0.05) is 16.6 Å². The Kier molecular flexibility index (Phi) is 3.84. The van der Waals surface area contributed by atoms with Crippen LogP contribution < -0.4 is 5.32 Å². The van der Waals surface area contributed by atoms with Gasteiger partial charge >= 0.3 is 0 Å².